The number of carbonyl (C=O) groups is 2. The summed E-state index contributed by atoms with van der Waals surface area (Å²) >= 11 is 12.6. The van der Waals surface area contributed by atoms with Gasteiger partial charge in [0.25, 0.3) is 0 Å². The molecule has 3 aromatic carbocycles. The van der Waals surface area contributed by atoms with Gasteiger partial charge >= 0.3 is 0 Å². The highest BCUT2D eigenvalue weighted by molar-refractivity contribution is 7.92. The lowest BCUT2D eigenvalue weighted by molar-refractivity contribution is -0.141. The van der Waals surface area contributed by atoms with Crippen LogP contribution in [0.3, 0.4) is 0 Å². The summed E-state index contributed by atoms with van der Waals surface area (Å²) < 4.78 is 26.8. The van der Waals surface area contributed by atoms with E-state index >= 15 is 0 Å². The first-order valence-electron chi connectivity index (χ1n) is 13.5. The van der Waals surface area contributed by atoms with E-state index in [2.05, 4.69) is 5.32 Å². The van der Waals surface area contributed by atoms with Crippen LogP contribution in [-0.2, 0) is 32.6 Å². The number of carbonyl (C=O) groups excluding carboxylic acids is 2. The minimum absolute atomic E-state index is 0.0345. The fourth-order valence-electron chi connectivity index (χ4n) is 4.65. The Labute approximate surface area is 253 Å². The molecule has 1 atom stereocenters. The lowest BCUT2D eigenvalue weighted by Crippen LogP contribution is -2.50. The molecule has 0 heterocycles. The van der Waals surface area contributed by atoms with Crippen LogP contribution in [0.1, 0.15) is 42.0 Å². The number of amides is 2. The molecule has 0 bridgehead atoms. The number of halogens is 2. The van der Waals surface area contributed by atoms with E-state index in [0.29, 0.717) is 34.3 Å². The van der Waals surface area contributed by atoms with Gasteiger partial charge < -0.3 is 10.2 Å². The van der Waals surface area contributed by atoms with Gasteiger partial charge in [0.2, 0.25) is 21.8 Å². The van der Waals surface area contributed by atoms with Crippen molar-refractivity contribution in [1.82, 2.24) is 10.2 Å². The molecule has 0 aliphatic heterocycles. The van der Waals surface area contributed by atoms with Gasteiger partial charge in [0, 0.05) is 42.5 Å². The third kappa shape index (κ3) is 9.21. The molecule has 0 aliphatic carbocycles. The molecule has 0 saturated carbocycles. The number of aryl methyl sites for hydroxylation is 2. The van der Waals surface area contributed by atoms with Crippen molar-refractivity contribution in [3.63, 3.8) is 0 Å². The van der Waals surface area contributed by atoms with Crippen LogP contribution in [0.25, 0.3) is 0 Å². The van der Waals surface area contributed by atoms with Crippen molar-refractivity contribution < 1.29 is 18.0 Å². The van der Waals surface area contributed by atoms with Crippen molar-refractivity contribution in [3.05, 3.63) is 99.0 Å². The summed E-state index contributed by atoms with van der Waals surface area (Å²) in [5, 5.41) is 3.72. The second-order valence-corrected chi connectivity index (χ2v) is 12.8. The predicted molar refractivity (Wildman–Crippen MR) is 167 cm³/mol. The van der Waals surface area contributed by atoms with Crippen LogP contribution in [-0.4, -0.2) is 50.5 Å². The van der Waals surface area contributed by atoms with Crippen molar-refractivity contribution >= 4 is 50.7 Å². The summed E-state index contributed by atoms with van der Waals surface area (Å²) in [6.07, 6.45) is 1.77. The summed E-state index contributed by atoms with van der Waals surface area (Å²) in [5.41, 5.74) is 3.91. The van der Waals surface area contributed by atoms with Crippen LogP contribution >= 0.6 is 23.2 Å². The average Bonchev–Trinajstić information content (AvgIpc) is 2.91. The van der Waals surface area contributed by atoms with Gasteiger partial charge in [0.1, 0.15) is 6.04 Å². The van der Waals surface area contributed by atoms with Crippen molar-refractivity contribution in [3.8, 4) is 0 Å². The summed E-state index contributed by atoms with van der Waals surface area (Å²) in [5.74, 6) is -0.555. The molecule has 2 amide bonds. The first-order valence-corrected chi connectivity index (χ1v) is 16.1. The minimum atomic E-state index is -3.60. The second kappa shape index (κ2) is 14.7. The Kier molecular flexibility index (Phi) is 11.6. The summed E-state index contributed by atoms with van der Waals surface area (Å²) in [7, 11) is -3.60. The van der Waals surface area contributed by atoms with Crippen LogP contribution in [0.5, 0.6) is 0 Å². The normalized spacial score (nSPS) is 12.0. The molecule has 1 N–H and O–H groups in total. The molecule has 7 nitrogen and oxygen atoms in total. The Morgan fingerprint density at radius 1 is 0.976 bits per heavy atom. The first kappa shape index (κ1) is 32.4. The molecule has 220 valence electrons. The van der Waals surface area contributed by atoms with E-state index in [1.54, 1.807) is 18.2 Å². The summed E-state index contributed by atoms with van der Waals surface area (Å²) in [4.78, 5) is 28.7. The van der Waals surface area contributed by atoms with Gasteiger partial charge in [-0.3, -0.25) is 13.9 Å². The fraction of sp³-hybridized carbons (Fsp3) is 0.355. The predicted octanol–water partition coefficient (Wildman–Crippen LogP) is 5.93. The molecule has 0 aliphatic rings. The third-order valence-electron chi connectivity index (χ3n) is 6.76. The number of hydrogen-bond acceptors (Lipinski definition) is 4. The van der Waals surface area contributed by atoms with E-state index in [0.717, 1.165) is 22.9 Å². The van der Waals surface area contributed by atoms with Gasteiger partial charge in [-0.25, -0.2) is 8.42 Å². The molecule has 10 heteroatoms. The van der Waals surface area contributed by atoms with Crippen molar-refractivity contribution in [1.29, 1.82) is 0 Å². The zero-order chi connectivity index (χ0) is 30.2. The Bertz CT molecular complexity index is 1470. The Morgan fingerprint density at radius 3 is 2.32 bits per heavy atom. The molecular formula is C31H37Cl2N3O4S. The van der Waals surface area contributed by atoms with E-state index in [1.165, 1.54) is 9.21 Å². The minimum Gasteiger partial charge on any atom is -0.355 e. The fourth-order valence-corrected chi connectivity index (χ4v) is 6.13. The average molecular weight is 619 g/mol. The number of anilines is 1. The lowest BCUT2D eigenvalue weighted by Gasteiger charge is -2.32. The van der Waals surface area contributed by atoms with E-state index in [-0.39, 0.29) is 37.7 Å². The van der Waals surface area contributed by atoms with Crippen LogP contribution < -0.4 is 9.62 Å². The maximum atomic E-state index is 13.9. The smallest absolute Gasteiger partial charge is 0.243 e. The van der Waals surface area contributed by atoms with Gasteiger partial charge in [-0.2, -0.15) is 0 Å². The molecule has 0 fully saturated rings. The number of rotatable bonds is 13. The third-order valence-corrected chi connectivity index (χ3v) is 8.53. The SMILES string of the molecule is CCNC(=O)[C@H](Cc1ccccc1)N(Cc1ccc(Cl)cc1Cl)C(=O)CCCN(c1cc(C)ccc1C)S(C)(=O)=O. The largest absolute Gasteiger partial charge is 0.355 e. The number of sulfonamides is 1. The zero-order valence-electron chi connectivity index (χ0n) is 23.9. The molecule has 0 unspecified atom stereocenters. The molecule has 3 rings (SSSR count). The summed E-state index contributed by atoms with van der Waals surface area (Å²) in [6, 6.07) is 19.4. The number of likely N-dealkylation sites (N-methyl/N-ethyl adjacent to an activating group) is 1. The summed E-state index contributed by atoms with van der Waals surface area (Å²) in [6.45, 7) is 6.21. The Balaban J connectivity index is 1.91. The van der Waals surface area contributed by atoms with Gasteiger partial charge in [0.15, 0.2) is 0 Å². The lowest BCUT2D eigenvalue weighted by atomic mass is 10.0. The number of benzene rings is 3. The maximum Gasteiger partial charge on any atom is 0.243 e. The van der Waals surface area contributed by atoms with E-state index < -0.39 is 16.1 Å². The van der Waals surface area contributed by atoms with Crippen molar-refractivity contribution in [2.75, 3.05) is 23.7 Å². The monoisotopic (exact) mass is 617 g/mol. The van der Waals surface area contributed by atoms with Crippen LogP contribution in [0.15, 0.2) is 66.7 Å². The van der Waals surface area contributed by atoms with Gasteiger partial charge in [-0.1, -0.05) is 71.7 Å². The van der Waals surface area contributed by atoms with Gasteiger partial charge in [0.05, 0.1) is 11.9 Å². The van der Waals surface area contributed by atoms with Crippen molar-refractivity contribution in [2.45, 2.75) is 52.6 Å². The van der Waals surface area contributed by atoms with Crippen LogP contribution in [0.2, 0.25) is 10.0 Å². The first-order chi connectivity index (χ1) is 19.4. The maximum absolute atomic E-state index is 13.9. The standard InChI is InChI=1S/C31H37Cl2N3O4S/c1-5-34-31(38)29(19-24-10-7-6-8-11-24)35(21-25-15-16-26(32)20-27(25)33)30(37)12-9-17-36(41(4,39)40)28-18-22(2)13-14-23(28)3/h6-8,10-11,13-16,18,20,29H,5,9,12,17,19,21H2,1-4H3,(H,34,38)/t29-/m0/s1. The molecule has 0 spiro atoms. The molecule has 0 radical (unpaired) electrons. The second-order valence-electron chi connectivity index (χ2n) is 10.1. The van der Waals surface area contributed by atoms with Gasteiger partial charge in [-0.15, -0.1) is 0 Å². The molecule has 0 aromatic heterocycles. The highest BCUT2D eigenvalue weighted by atomic mass is 35.5. The Hall–Kier alpha value is -3.07. The molecule has 0 saturated heterocycles. The van der Waals surface area contributed by atoms with Crippen LogP contribution in [0.4, 0.5) is 5.69 Å². The van der Waals surface area contributed by atoms with E-state index in [1.807, 2.05) is 69.3 Å². The molecule has 3 aromatic rings. The highest BCUT2D eigenvalue weighted by Crippen LogP contribution is 2.26. The van der Waals surface area contributed by atoms with Gasteiger partial charge in [-0.05, 0) is 67.6 Å². The topological polar surface area (TPSA) is 86.8 Å². The van der Waals surface area contributed by atoms with E-state index in [9.17, 15) is 18.0 Å². The zero-order valence-corrected chi connectivity index (χ0v) is 26.2. The van der Waals surface area contributed by atoms with Crippen molar-refractivity contribution in [2.24, 2.45) is 0 Å². The highest BCUT2D eigenvalue weighted by Gasteiger charge is 2.31. The molecular weight excluding hydrogens is 581 g/mol. The number of hydrogen-bond donors (Lipinski definition) is 1. The van der Waals surface area contributed by atoms with Crippen LogP contribution in [0, 0.1) is 13.8 Å². The number of nitrogens with one attached hydrogen (secondary N) is 1. The molecule has 41 heavy (non-hydrogen) atoms. The van der Waals surface area contributed by atoms with E-state index in [4.69, 9.17) is 23.2 Å². The Morgan fingerprint density at radius 2 is 1.68 bits per heavy atom. The number of nitrogens with zero attached hydrogens (tertiary/aromatic N) is 2. The quantitative estimate of drug-likeness (QED) is 0.257.